The van der Waals surface area contributed by atoms with Crippen molar-refractivity contribution in [2.45, 2.75) is 37.1 Å². The molecule has 1 saturated heterocycles. The third kappa shape index (κ3) is 6.79. The lowest BCUT2D eigenvalue weighted by atomic mass is 9.96. The highest BCUT2D eigenvalue weighted by molar-refractivity contribution is 7.92. The summed E-state index contributed by atoms with van der Waals surface area (Å²) in [4.78, 5) is 16.5. The van der Waals surface area contributed by atoms with E-state index in [0.29, 0.717) is 35.7 Å². The largest absolute Gasteiger partial charge is 0.340 e. The molecule has 4 rings (SSSR count). The van der Waals surface area contributed by atoms with Crippen LogP contribution in [-0.2, 0) is 21.2 Å². The number of hydrogen-bond acceptors (Lipinski definition) is 4. The summed E-state index contributed by atoms with van der Waals surface area (Å²) in [5.41, 5.74) is 0.407. The van der Waals surface area contributed by atoms with Crippen LogP contribution in [0.1, 0.15) is 36.9 Å². The SMILES string of the molecule is C[C@H](c1ccc(F)cc1CCCC(=O)N1CCN(C)CC1)N(c1cc(F)ccc1F)S(=O)(=O)c1ccc(Cl)cc1. The molecular weight excluding hydrogens is 563 g/mol. The molecule has 0 radical (unpaired) electrons. The zero-order valence-corrected chi connectivity index (χ0v) is 23.9. The van der Waals surface area contributed by atoms with Gasteiger partial charge in [0.25, 0.3) is 10.0 Å². The van der Waals surface area contributed by atoms with Gasteiger partial charge in [0.1, 0.15) is 17.5 Å². The highest BCUT2D eigenvalue weighted by atomic mass is 35.5. The third-order valence-electron chi connectivity index (χ3n) is 7.12. The number of rotatable bonds is 9. The van der Waals surface area contributed by atoms with Crippen molar-refractivity contribution < 1.29 is 26.4 Å². The maximum Gasteiger partial charge on any atom is 0.264 e. The number of amides is 1. The highest BCUT2D eigenvalue weighted by Gasteiger charge is 2.34. The summed E-state index contributed by atoms with van der Waals surface area (Å²) in [6.07, 6.45) is 0.948. The second-order valence-electron chi connectivity index (χ2n) is 9.91. The van der Waals surface area contributed by atoms with Gasteiger partial charge in [-0.2, -0.15) is 0 Å². The Morgan fingerprint density at radius 2 is 1.57 bits per heavy atom. The van der Waals surface area contributed by atoms with E-state index in [4.69, 9.17) is 11.6 Å². The smallest absolute Gasteiger partial charge is 0.264 e. The topological polar surface area (TPSA) is 60.9 Å². The summed E-state index contributed by atoms with van der Waals surface area (Å²) in [6.45, 7) is 4.42. The lowest BCUT2D eigenvalue weighted by molar-refractivity contribution is -0.132. The zero-order chi connectivity index (χ0) is 29.0. The molecule has 1 aliphatic heterocycles. The van der Waals surface area contributed by atoms with E-state index in [2.05, 4.69) is 4.90 Å². The Bertz CT molecular complexity index is 1460. The summed E-state index contributed by atoms with van der Waals surface area (Å²) in [6, 6.07) is 10.8. The van der Waals surface area contributed by atoms with Crippen molar-refractivity contribution in [1.82, 2.24) is 9.80 Å². The minimum Gasteiger partial charge on any atom is -0.340 e. The van der Waals surface area contributed by atoms with Gasteiger partial charge in [-0.15, -0.1) is 0 Å². The second-order valence-corrected chi connectivity index (χ2v) is 12.2. The maximum absolute atomic E-state index is 15.1. The molecule has 1 atom stereocenters. The van der Waals surface area contributed by atoms with Crippen molar-refractivity contribution in [2.24, 2.45) is 0 Å². The van der Waals surface area contributed by atoms with Gasteiger partial charge in [0.2, 0.25) is 5.91 Å². The van der Waals surface area contributed by atoms with Crippen LogP contribution in [0.4, 0.5) is 18.9 Å². The van der Waals surface area contributed by atoms with Crippen LogP contribution in [0, 0.1) is 17.5 Å². The molecule has 1 fully saturated rings. The Balaban J connectivity index is 1.66. The first-order valence-corrected chi connectivity index (χ1v) is 14.8. The molecule has 6 nitrogen and oxygen atoms in total. The van der Waals surface area contributed by atoms with Crippen molar-refractivity contribution in [1.29, 1.82) is 0 Å². The average Bonchev–Trinajstić information content (AvgIpc) is 2.91. The van der Waals surface area contributed by atoms with E-state index in [1.807, 2.05) is 11.9 Å². The summed E-state index contributed by atoms with van der Waals surface area (Å²) < 4.78 is 72.2. The summed E-state index contributed by atoms with van der Waals surface area (Å²) >= 11 is 5.94. The number of benzene rings is 3. The molecule has 1 amide bonds. The first-order valence-electron chi connectivity index (χ1n) is 13.0. The van der Waals surface area contributed by atoms with Gasteiger partial charge >= 0.3 is 0 Å². The molecule has 11 heteroatoms. The standard InChI is InChI=1S/C29H31ClF3N3O3S/c1-20(26-12-8-23(31)18-21(26)4-3-5-29(37)35-16-14-34(2)15-17-35)36(28-19-24(32)9-13-27(28)33)40(38,39)25-10-6-22(30)7-11-25/h6-13,18-20H,3-5,14-17H2,1-2H3/t20-/m1/s1. The Labute approximate surface area is 238 Å². The number of sulfonamides is 1. The number of aryl methyl sites for hydroxylation is 1. The Hall–Kier alpha value is -3.08. The molecule has 0 unspecified atom stereocenters. The highest BCUT2D eigenvalue weighted by Crippen LogP contribution is 2.37. The Morgan fingerprint density at radius 3 is 2.25 bits per heavy atom. The maximum atomic E-state index is 15.1. The number of halogens is 4. The fourth-order valence-electron chi connectivity index (χ4n) is 4.89. The van der Waals surface area contributed by atoms with Crippen LogP contribution < -0.4 is 4.31 Å². The van der Waals surface area contributed by atoms with E-state index < -0.39 is 39.2 Å². The lowest BCUT2D eigenvalue weighted by Gasteiger charge is -2.33. The van der Waals surface area contributed by atoms with Crippen LogP contribution in [0.25, 0.3) is 0 Å². The number of piperazine rings is 1. The first-order chi connectivity index (χ1) is 19.0. The van der Waals surface area contributed by atoms with Crippen LogP contribution in [0.5, 0.6) is 0 Å². The minimum absolute atomic E-state index is 0.00729. The average molecular weight is 594 g/mol. The number of carbonyl (C=O) groups is 1. The van der Waals surface area contributed by atoms with Crippen LogP contribution in [0.2, 0.25) is 5.02 Å². The van der Waals surface area contributed by atoms with Crippen LogP contribution in [0.15, 0.2) is 65.6 Å². The predicted molar refractivity (Wildman–Crippen MR) is 149 cm³/mol. The van der Waals surface area contributed by atoms with Crippen molar-refractivity contribution in [2.75, 3.05) is 37.5 Å². The molecule has 1 aliphatic rings. The fourth-order valence-corrected chi connectivity index (χ4v) is 6.65. The van der Waals surface area contributed by atoms with Gasteiger partial charge in [0.15, 0.2) is 0 Å². The molecular formula is C29H31ClF3N3O3S. The fraction of sp³-hybridized carbons (Fsp3) is 0.345. The van der Waals surface area contributed by atoms with Crippen LogP contribution >= 0.6 is 11.6 Å². The van der Waals surface area contributed by atoms with E-state index in [0.717, 1.165) is 35.6 Å². The molecule has 0 spiro atoms. The number of anilines is 1. The Morgan fingerprint density at radius 1 is 0.950 bits per heavy atom. The van der Waals surface area contributed by atoms with Gasteiger partial charge in [-0.25, -0.2) is 21.6 Å². The van der Waals surface area contributed by atoms with Crippen molar-refractivity contribution >= 4 is 33.2 Å². The lowest BCUT2D eigenvalue weighted by Crippen LogP contribution is -2.47. The number of nitrogens with zero attached hydrogens (tertiary/aromatic N) is 3. The molecule has 3 aromatic rings. The van der Waals surface area contributed by atoms with Gasteiger partial charge in [-0.1, -0.05) is 17.7 Å². The quantitative estimate of drug-likeness (QED) is 0.314. The first kappa shape index (κ1) is 29.9. The van der Waals surface area contributed by atoms with E-state index in [1.54, 1.807) is 0 Å². The molecule has 3 aromatic carbocycles. The summed E-state index contributed by atoms with van der Waals surface area (Å²) in [7, 11) is -2.43. The van der Waals surface area contributed by atoms with E-state index in [-0.39, 0.29) is 23.6 Å². The normalized spacial score (nSPS) is 15.2. The van der Waals surface area contributed by atoms with Gasteiger partial charge in [0.05, 0.1) is 16.6 Å². The second kappa shape index (κ2) is 12.6. The summed E-state index contributed by atoms with van der Waals surface area (Å²) in [5, 5.41) is 0.308. The minimum atomic E-state index is -4.43. The number of likely N-dealkylation sites (N-methyl/N-ethyl adjacent to an activating group) is 1. The van der Waals surface area contributed by atoms with E-state index in [9.17, 15) is 22.0 Å². The molecule has 40 heavy (non-hydrogen) atoms. The molecule has 0 aromatic heterocycles. The molecule has 1 heterocycles. The zero-order valence-electron chi connectivity index (χ0n) is 22.3. The van der Waals surface area contributed by atoms with Crippen molar-refractivity contribution in [3.63, 3.8) is 0 Å². The Kier molecular flexibility index (Phi) is 9.43. The third-order valence-corrected chi connectivity index (χ3v) is 9.27. The van der Waals surface area contributed by atoms with E-state index in [1.165, 1.54) is 49.4 Å². The van der Waals surface area contributed by atoms with Crippen LogP contribution in [-0.4, -0.2) is 57.4 Å². The number of carbonyl (C=O) groups excluding carboxylic acids is 1. The summed E-state index contributed by atoms with van der Waals surface area (Å²) in [5.74, 6) is -2.28. The van der Waals surface area contributed by atoms with Gasteiger partial charge in [-0.3, -0.25) is 9.10 Å². The van der Waals surface area contributed by atoms with E-state index >= 15 is 4.39 Å². The van der Waals surface area contributed by atoms with Gasteiger partial charge < -0.3 is 9.80 Å². The van der Waals surface area contributed by atoms with Gasteiger partial charge in [-0.05, 0) is 86.5 Å². The molecule has 0 N–H and O–H groups in total. The molecule has 0 saturated carbocycles. The predicted octanol–water partition coefficient (Wildman–Crippen LogP) is 5.81. The monoisotopic (exact) mass is 593 g/mol. The molecule has 0 aliphatic carbocycles. The number of hydrogen-bond donors (Lipinski definition) is 0. The van der Waals surface area contributed by atoms with Crippen molar-refractivity contribution in [3.8, 4) is 0 Å². The molecule has 214 valence electrons. The van der Waals surface area contributed by atoms with Gasteiger partial charge in [0, 0.05) is 43.7 Å². The molecule has 0 bridgehead atoms. The van der Waals surface area contributed by atoms with Crippen LogP contribution in [0.3, 0.4) is 0 Å². The van der Waals surface area contributed by atoms with Crippen molar-refractivity contribution in [3.05, 3.63) is 94.3 Å².